The number of ether oxygens (including phenoxy) is 1. The van der Waals surface area contributed by atoms with E-state index in [1.807, 2.05) is 83.1 Å². The van der Waals surface area contributed by atoms with Crippen LogP contribution in [0.2, 0.25) is 0 Å². The molecule has 2 aromatic rings. The van der Waals surface area contributed by atoms with Crippen molar-refractivity contribution < 1.29 is 14.3 Å². The minimum Gasteiger partial charge on any atom is -0.484 e. The van der Waals surface area contributed by atoms with E-state index >= 15 is 0 Å². The number of carbonyl (C=O) groups excluding carboxylic acids is 2. The van der Waals surface area contributed by atoms with E-state index in [0.717, 1.165) is 16.7 Å². The monoisotopic (exact) mass is 410 g/mol. The van der Waals surface area contributed by atoms with Crippen molar-refractivity contribution in [1.82, 2.24) is 10.2 Å². The maximum Gasteiger partial charge on any atom is 0.261 e. The van der Waals surface area contributed by atoms with Gasteiger partial charge in [-0.3, -0.25) is 9.59 Å². The number of rotatable bonds is 10. The van der Waals surface area contributed by atoms with Gasteiger partial charge in [0.05, 0.1) is 0 Å². The third-order valence-electron chi connectivity index (χ3n) is 5.06. The fraction of sp³-hybridized carbons (Fsp3) is 0.440. The minimum atomic E-state index is -0.544. The van der Waals surface area contributed by atoms with Crippen LogP contribution >= 0.6 is 0 Å². The molecular formula is C25H34N2O3. The van der Waals surface area contributed by atoms with Crippen LogP contribution in [0.4, 0.5) is 0 Å². The van der Waals surface area contributed by atoms with Gasteiger partial charge in [0.1, 0.15) is 11.8 Å². The van der Waals surface area contributed by atoms with Crippen LogP contribution in [0.1, 0.15) is 43.9 Å². The lowest BCUT2D eigenvalue weighted by atomic mass is 10.1. The lowest BCUT2D eigenvalue weighted by molar-refractivity contribution is -0.143. The van der Waals surface area contributed by atoms with Gasteiger partial charge in [0, 0.05) is 13.1 Å². The molecule has 0 spiro atoms. The lowest BCUT2D eigenvalue weighted by Gasteiger charge is -2.31. The Morgan fingerprint density at radius 1 is 1.03 bits per heavy atom. The van der Waals surface area contributed by atoms with Gasteiger partial charge in [0.2, 0.25) is 5.91 Å². The van der Waals surface area contributed by atoms with Gasteiger partial charge in [-0.15, -0.1) is 0 Å². The van der Waals surface area contributed by atoms with Crippen LogP contribution in [0, 0.1) is 19.8 Å². The first-order valence-electron chi connectivity index (χ1n) is 10.6. The second kappa shape index (κ2) is 11.4. The molecule has 1 N–H and O–H groups in total. The fourth-order valence-electron chi connectivity index (χ4n) is 3.18. The van der Waals surface area contributed by atoms with Crippen LogP contribution < -0.4 is 10.1 Å². The van der Waals surface area contributed by atoms with E-state index in [0.29, 0.717) is 31.2 Å². The van der Waals surface area contributed by atoms with E-state index in [9.17, 15) is 9.59 Å². The van der Waals surface area contributed by atoms with Gasteiger partial charge in [0.15, 0.2) is 6.61 Å². The smallest absolute Gasteiger partial charge is 0.261 e. The summed E-state index contributed by atoms with van der Waals surface area (Å²) in [6.07, 6.45) is 0.534. The molecule has 0 bridgehead atoms. The Morgan fingerprint density at radius 3 is 2.30 bits per heavy atom. The largest absolute Gasteiger partial charge is 0.484 e. The van der Waals surface area contributed by atoms with Crippen molar-refractivity contribution in [3.63, 3.8) is 0 Å². The van der Waals surface area contributed by atoms with Crippen molar-refractivity contribution >= 4 is 11.8 Å². The normalized spacial score (nSPS) is 11.8. The third kappa shape index (κ3) is 6.90. The molecule has 0 aliphatic heterocycles. The lowest BCUT2D eigenvalue weighted by Crippen LogP contribution is -2.50. The number of carbonyl (C=O) groups is 2. The van der Waals surface area contributed by atoms with Gasteiger partial charge in [-0.05, 0) is 49.4 Å². The Hall–Kier alpha value is -2.82. The van der Waals surface area contributed by atoms with Crippen LogP contribution in [0.25, 0.3) is 0 Å². The number of nitrogens with one attached hydrogen (secondary N) is 1. The number of aryl methyl sites for hydroxylation is 2. The Kier molecular flexibility index (Phi) is 8.90. The fourth-order valence-corrected chi connectivity index (χ4v) is 3.18. The zero-order valence-electron chi connectivity index (χ0n) is 18.8. The van der Waals surface area contributed by atoms with Gasteiger partial charge in [-0.25, -0.2) is 0 Å². The standard InChI is InChI=1S/C25H34N2O3/c1-6-23(25(29)26-15-18(2)3)27(16-21-10-8-7-9-20(21)5)24(28)17-30-22-13-11-19(4)12-14-22/h7-14,18,23H,6,15-17H2,1-5H3,(H,26,29). The van der Waals surface area contributed by atoms with E-state index in [1.54, 1.807) is 4.90 Å². The summed E-state index contributed by atoms with van der Waals surface area (Å²) in [5.74, 6) is 0.660. The van der Waals surface area contributed by atoms with Crippen molar-refractivity contribution in [2.75, 3.05) is 13.2 Å². The highest BCUT2D eigenvalue weighted by molar-refractivity contribution is 5.88. The molecule has 0 fully saturated rings. The molecule has 5 nitrogen and oxygen atoms in total. The summed E-state index contributed by atoms with van der Waals surface area (Å²) in [6.45, 7) is 10.9. The molecular weight excluding hydrogens is 376 g/mol. The predicted octanol–water partition coefficient (Wildman–Crippen LogP) is 4.26. The van der Waals surface area contributed by atoms with E-state index < -0.39 is 6.04 Å². The molecule has 0 aliphatic carbocycles. The van der Waals surface area contributed by atoms with E-state index in [2.05, 4.69) is 5.32 Å². The molecule has 1 atom stereocenters. The molecule has 30 heavy (non-hydrogen) atoms. The van der Waals surface area contributed by atoms with Crippen molar-refractivity contribution in [3.05, 3.63) is 65.2 Å². The third-order valence-corrected chi connectivity index (χ3v) is 5.06. The number of benzene rings is 2. The first-order valence-corrected chi connectivity index (χ1v) is 10.6. The molecule has 2 amide bonds. The van der Waals surface area contributed by atoms with E-state index in [-0.39, 0.29) is 18.4 Å². The summed E-state index contributed by atoms with van der Waals surface area (Å²) in [6, 6.07) is 15.0. The van der Waals surface area contributed by atoms with Crippen LogP contribution in [-0.4, -0.2) is 35.9 Å². The van der Waals surface area contributed by atoms with Gasteiger partial charge in [0.25, 0.3) is 5.91 Å². The van der Waals surface area contributed by atoms with Crippen molar-refractivity contribution in [2.24, 2.45) is 5.92 Å². The van der Waals surface area contributed by atoms with Crippen LogP contribution in [0.3, 0.4) is 0 Å². The average molecular weight is 411 g/mol. The van der Waals surface area contributed by atoms with E-state index in [1.165, 1.54) is 0 Å². The molecule has 5 heteroatoms. The minimum absolute atomic E-state index is 0.108. The second-order valence-electron chi connectivity index (χ2n) is 8.11. The van der Waals surface area contributed by atoms with Crippen molar-refractivity contribution in [1.29, 1.82) is 0 Å². The van der Waals surface area contributed by atoms with E-state index in [4.69, 9.17) is 4.74 Å². The summed E-state index contributed by atoms with van der Waals surface area (Å²) in [7, 11) is 0. The second-order valence-corrected chi connectivity index (χ2v) is 8.11. The summed E-state index contributed by atoms with van der Waals surface area (Å²) in [5.41, 5.74) is 3.24. The predicted molar refractivity (Wildman–Crippen MR) is 120 cm³/mol. The molecule has 0 saturated carbocycles. The van der Waals surface area contributed by atoms with Crippen LogP contribution in [0.15, 0.2) is 48.5 Å². The summed E-state index contributed by atoms with van der Waals surface area (Å²) < 4.78 is 5.72. The maximum absolute atomic E-state index is 13.2. The highest BCUT2D eigenvalue weighted by Gasteiger charge is 2.29. The Morgan fingerprint density at radius 2 is 1.70 bits per heavy atom. The summed E-state index contributed by atoms with van der Waals surface area (Å²) in [4.78, 5) is 27.7. The van der Waals surface area contributed by atoms with Gasteiger partial charge in [-0.2, -0.15) is 0 Å². The number of amides is 2. The molecule has 0 heterocycles. The number of hydrogen-bond donors (Lipinski definition) is 1. The molecule has 2 aromatic carbocycles. The Bertz CT molecular complexity index is 831. The average Bonchev–Trinajstić information content (AvgIpc) is 2.72. The summed E-state index contributed by atoms with van der Waals surface area (Å²) >= 11 is 0. The Balaban J connectivity index is 2.19. The molecule has 0 saturated heterocycles. The molecule has 0 radical (unpaired) electrons. The quantitative estimate of drug-likeness (QED) is 0.637. The molecule has 0 aliphatic rings. The first kappa shape index (κ1) is 23.5. The zero-order chi connectivity index (χ0) is 22.1. The highest BCUT2D eigenvalue weighted by Crippen LogP contribution is 2.17. The number of hydrogen-bond acceptors (Lipinski definition) is 3. The van der Waals surface area contributed by atoms with Crippen LogP contribution in [-0.2, 0) is 16.1 Å². The maximum atomic E-state index is 13.2. The SMILES string of the molecule is CCC(C(=O)NCC(C)C)N(Cc1ccccc1C)C(=O)COc1ccc(C)cc1. The molecule has 1 unspecified atom stereocenters. The van der Waals surface area contributed by atoms with Gasteiger partial charge in [-0.1, -0.05) is 62.7 Å². The van der Waals surface area contributed by atoms with Gasteiger partial charge < -0.3 is 15.0 Å². The molecule has 0 aromatic heterocycles. The zero-order valence-corrected chi connectivity index (χ0v) is 18.8. The van der Waals surface area contributed by atoms with Gasteiger partial charge >= 0.3 is 0 Å². The molecule has 162 valence electrons. The highest BCUT2D eigenvalue weighted by atomic mass is 16.5. The van der Waals surface area contributed by atoms with Crippen LogP contribution in [0.5, 0.6) is 5.75 Å². The first-order chi connectivity index (χ1) is 14.3. The number of nitrogens with zero attached hydrogens (tertiary/aromatic N) is 1. The summed E-state index contributed by atoms with van der Waals surface area (Å²) in [5, 5.41) is 2.98. The van der Waals surface area contributed by atoms with Crippen molar-refractivity contribution in [2.45, 2.75) is 53.6 Å². The van der Waals surface area contributed by atoms with Crippen molar-refractivity contribution in [3.8, 4) is 5.75 Å². The Labute approximate surface area is 180 Å². The molecule has 2 rings (SSSR count). The topological polar surface area (TPSA) is 58.6 Å².